The lowest BCUT2D eigenvalue weighted by molar-refractivity contribution is -0.175. The van der Waals surface area contributed by atoms with Crippen LogP contribution in [0.15, 0.2) is 18.2 Å². The van der Waals surface area contributed by atoms with Crippen LogP contribution >= 0.6 is 0 Å². The minimum absolute atomic E-state index is 0.0404. The van der Waals surface area contributed by atoms with Crippen molar-refractivity contribution in [1.29, 1.82) is 0 Å². The molecule has 0 aliphatic carbocycles. The summed E-state index contributed by atoms with van der Waals surface area (Å²) in [5.41, 5.74) is 0.618. The number of ether oxygens (including phenoxy) is 3. The topological polar surface area (TPSA) is 47.9 Å². The molecule has 0 saturated heterocycles. The van der Waals surface area contributed by atoms with E-state index >= 15 is 0 Å². The van der Waals surface area contributed by atoms with Crippen molar-refractivity contribution in [1.82, 2.24) is 0 Å². The van der Waals surface area contributed by atoms with Gasteiger partial charge in [-0.3, -0.25) is 0 Å². The Morgan fingerprint density at radius 1 is 1.16 bits per heavy atom. The summed E-state index contributed by atoms with van der Waals surface area (Å²) < 4.78 is 50.1. The predicted molar refractivity (Wildman–Crippen MR) is 61.3 cm³/mol. The van der Waals surface area contributed by atoms with Crippen LogP contribution in [0.2, 0.25) is 0 Å². The minimum Gasteiger partial charge on any atom is -0.493 e. The number of benzene rings is 1. The smallest absolute Gasteiger partial charge is 0.411 e. The van der Waals surface area contributed by atoms with Crippen molar-refractivity contribution in [3.63, 3.8) is 0 Å². The highest BCUT2D eigenvalue weighted by Gasteiger charge is 2.27. The van der Waals surface area contributed by atoms with Gasteiger partial charge in [-0.2, -0.15) is 13.2 Å². The maximum Gasteiger partial charge on any atom is 0.411 e. The maximum absolute atomic E-state index is 11.8. The van der Waals surface area contributed by atoms with Crippen LogP contribution in [0.4, 0.5) is 13.2 Å². The Kier molecular flexibility index (Phi) is 5.91. The molecule has 0 aromatic heterocycles. The van der Waals surface area contributed by atoms with Crippen molar-refractivity contribution in [2.75, 3.05) is 26.9 Å². The molecule has 0 amide bonds. The predicted octanol–water partition coefficient (Wildman–Crippen LogP) is 2.15. The van der Waals surface area contributed by atoms with Crippen LogP contribution in [0.25, 0.3) is 0 Å². The maximum atomic E-state index is 11.8. The van der Waals surface area contributed by atoms with Gasteiger partial charge < -0.3 is 19.3 Å². The first kappa shape index (κ1) is 15.6. The third-order valence-electron chi connectivity index (χ3n) is 2.16. The van der Waals surface area contributed by atoms with Crippen molar-refractivity contribution >= 4 is 0 Å². The lowest BCUT2D eigenvalue weighted by atomic mass is 10.2. The molecule has 1 rings (SSSR count). The summed E-state index contributed by atoms with van der Waals surface area (Å²) >= 11 is 0. The molecule has 0 aliphatic heterocycles. The molecule has 0 heterocycles. The molecule has 0 aliphatic rings. The van der Waals surface area contributed by atoms with Gasteiger partial charge in [0, 0.05) is 0 Å². The quantitative estimate of drug-likeness (QED) is 0.777. The number of hydrogen-bond acceptors (Lipinski definition) is 4. The highest BCUT2D eigenvalue weighted by atomic mass is 19.4. The number of hydrogen-bond donors (Lipinski definition) is 1. The molecule has 0 unspecified atom stereocenters. The Bertz CT molecular complexity index is 393. The van der Waals surface area contributed by atoms with Gasteiger partial charge in [-0.1, -0.05) is 6.07 Å². The van der Waals surface area contributed by atoms with Gasteiger partial charge in [0.15, 0.2) is 11.5 Å². The fourth-order valence-electron chi connectivity index (χ4n) is 1.33. The lowest BCUT2D eigenvalue weighted by Crippen LogP contribution is -2.19. The van der Waals surface area contributed by atoms with Gasteiger partial charge in [-0.05, 0) is 17.7 Å². The normalized spacial score (nSPS) is 11.4. The fraction of sp³-hybridized carbons (Fsp3) is 0.500. The van der Waals surface area contributed by atoms with Crippen LogP contribution < -0.4 is 9.47 Å². The first-order valence-electron chi connectivity index (χ1n) is 5.51. The van der Waals surface area contributed by atoms with Gasteiger partial charge in [0.2, 0.25) is 0 Å². The molecule has 108 valence electrons. The van der Waals surface area contributed by atoms with E-state index in [0.717, 1.165) is 0 Å². The van der Waals surface area contributed by atoms with Crippen molar-refractivity contribution in [3.8, 4) is 11.5 Å². The SMILES string of the molecule is COc1ccc(CO)cc1OCCOCC(F)(F)F. The van der Waals surface area contributed by atoms with Gasteiger partial charge in [-0.15, -0.1) is 0 Å². The van der Waals surface area contributed by atoms with E-state index < -0.39 is 12.8 Å². The third-order valence-corrected chi connectivity index (χ3v) is 2.16. The molecule has 1 aromatic rings. The fourth-order valence-corrected chi connectivity index (χ4v) is 1.33. The van der Waals surface area contributed by atoms with E-state index in [1.807, 2.05) is 0 Å². The molecular formula is C12H15F3O4. The molecule has 1 N–H and O–H groups in total. The molecular weight excluding hydrogens is 265 g/mol. The first-order valence-corrected chi connectivity index (χ1v) is 5.51. The van der Waals surface area contributed by atoms with E-state index in [4.69, 9.17) is 14.6 Å². The van der Waals surface area contributed by atoms with Gasteiger partial charge in [0.05, 0.1) is 20.3 Å². The first-order chi connectivity index (χ1) is 8.96. The van der Waals surface area contributed by atoms with Crippen molar-refractivity contribution in [3.05, 3.63) is 23.8 Å². The molecule has 0 bridgehead atoms. The summed E-state index contributed by atoms with van der Waals surface area (Å²) in [4.78, 5) is 0. The largest absolute Gasteiger partial charge is 0.493 e. The second-order valence-electron chi connectivity index (χ2n) is 3.66. The molecule has 0 fully saturated rings. The van der Waals surface area contributed by atoms with E-state index in [-0.39, 0.29) is 19.8 Å². The summed E-state index contributed by atoms with van der Waals surface area (Å²) in [7, 11) is 1.45. The van der Waals surface area contributed by atoms with Crippen LogP contribution in [0.1, 0.15) is 5.56 Å². The number of alkyl halides is 3. The summed E-state index contributed by atoms with van der Waals surface area (Å²) in [5, 5.41) is 8.98. The van der Waals surface area contributed by atoms with Gasteiger partial charge in [0.1, 0.15) is 13.2 Å². The van der Waals surface area contributed by atoms with Gasteiger partial charge >= 0.3 is 6.18 Å². The summed E-state index contributed by atoms with van der Waals surface area (Å²) in [6.07, 6.45) is -4.34. The van der Waals surface area contributed by atoms with Gasteiger partial charge in [-0.25, -0.2) is 0 Å². The number of methoxy groups -OCH3 is 1. The summed E-state index contributed by atoms with van der Waals surface area (Å²) in [5.74, 6) is 0.790. The van der Waals surface area contributed by atoms with Gasteiger partial charge in [0.25, 0.3) is 0 Å². The Hall–Kier alpha value is -1.47. The molecule has 0 saturated carbocycles. The van der Waals surface area contributed by atoms with E-state index in [1.54, 1.807) is 18.2 Å². The Labute approximate surface area is 108 Å². The van der Waals surface area contributed by atoms with E-state index in [1.165, 1.54) is 7.11 Å². The Balaban J connectivity index is 2.43. The molecule has 19 heavy (non-hydrogen) atoms. The molecule has 1 aromatic carbocycles. The third kappa shape index (κ3) is 5.80. The zero-order chi connectivity index (χ0) is 14.3. The lowest BCUT2D eigenvalue weighted by Gasteiger charge is -2.12. The second-order valence-corrected chi connectivity index (χ2v) is 3.66. The Morgan fingerprint density at radius 3 is 2.47 bits per heavy atom. The zero-order valence-electron chi connectivity index (χ0n) is 10.4. The highest BCUT2D eigenvalue weighted by Crippen LogP contribution is 2.28. The molecule has 0 spiro atoms. The number of halogens is 3. The van der Waals surface area contributed by atoms with Crippen molar-refractivity contribution in [2.45, 2.75) is 12.8 Å². The molecule has 4 nitrogen and oxygen atoms in total. The molecule has 7 heteroatoms. The van der Waals surface area contributed by atoms with Crippen LogP contribution in [0.5, 0.6) is 11.5 Å². The number of aliphatic hydroxyl groups excluding tert-OH is 1. The van der Waals surface area contributed by atoms with Crippen LogP contribution in [0.3, 0.4) is 0 Å². The second kappa shape index (κ2) is 7.20. The van der Waals surface area contributed by atoms with Crippen LogP contribution in [0, 0.1) is 0 Å². The standard InChI is InChI=1S/C12H15F3O4/c1-17-10-3-2-9(7-16)6-11(10)19-5-4-18-8-12(13,14)15/h2-3,6,16H,4-5,7-8H2,1H3. The van der Waals surface area contributed by atoms with E-state index in [9.17, 15) is 13.2 Å². The zero-order valence-corrected chi connectivity index (χ0v) is 10.4. The Morgan fingerprint density at radius 2 is 1.89 bits per heavy atom. The summed E-state index contributed by atoms with van der Waals surface area (Å²) in [6, 6.07) is 4.83. The average molecular weight is 280 g/mol. The minimum atomic E-state index is -4.34. The monoisotopic (exact) mass is 280 g/mol. The number of rotatable bonds is 7. The van der Waals surface area contributed by atoms with Crippen LogP contribution in [-0.2, 0) is 11.3 Å². The van der Waals surface area contributed by atoms with E-state index in [2.05, 4.69) is 4.74 Å². The summed E-state index contributed by atoms with van der Waals surface area (Å²) in [6.45, 7) is -1.69. The average Bonchev–Trinajstić information content (AvgIpc) is 2.36. The molecule has 0 radical (unpaired) electrons. The van der Waals surface area contributed by atoms with E-state index in [0.29, 0.717) is 17.1 Å². The van der Waals surface area contributed by atoms with Crippen molar-refractivity contribution in [2.24, 2.45) is 0 Å². The van der Waals surface area contributed by atoms with Crippen molar-refractivity contribution < 1.29 is 32.5 Å². The van der Waals surface area contributed by atoms with Crippen LogP contribution in [-0.4, -0.2) is 38.2 Å². The molecule has 0 atom stereocenters. The number of aliphatic hydroxyl groups is 1. The highest BCUT2D eigenvalue weighted by molar-refractivity contribution is 5.42.